The van der Waals surface area contributed by atoms with Gasteiger partial charge in [-0.2, -0.15) is 5.10 Å². The molecular formula is C26H29N3O4. The number of fused-ring (bicyclic) bond motifs is 3. The van der Waals surface area contributed by atoms with Crippen LogP contribution in [0.2, 0.25) is 0 Å². The molecule has 3 aromatic rings. The molecule has 4 rings (SSSR count). The molecule has 1 aliphatic rings. The number of aromatic nitrogens is 2. The van der Waals surface area contributed by atoms with Gasteiger partial charge in [0.15, 0.2) is 0 Å². The fourth-order valence-electron chi connectivity index (χ4n) is 4.54. The number of hydrogen-bond acceptors (Lipinski definition) is 4. The molecule has 2 aromatic carbocycles. The lowest BCUT2D eigenvalue weighted by molar-refractivity contribution is -0.137. The summed E-state index contributed by atoms with van der Waals surface area (Å²) in [5.74, 6) is -1.08. The van der Waals surface area contributed by atoms with Gasteiger partial charge in [-0.05, 0) is 22.3 Å². The van der Waals surface area contributed by atoms with Crippen molar-refractivity contribution in [1.82, 2.24) is 15.1 Å². The van der Waals surface area contributed by atoms with E-state index in [9.17, 15) is 14.7 Å². The van der Waals surface area contributed by atoms with Crippen molar-refractivity contribution in [2.45, 2.75) is 44.6 Å². The minimum Gasteiger partial charge on any atom is -0.481 e. The first-order chi connectivity index (χ1) is 15.6. The number of hydrogen-bond donors (Lipinski definition) is 2. The van der Waals surface area contributed by atoms with Crippen molar-refractivity contribution in [1.29, 1.82) is 0 Å². The minimum absolute atomic E-state index is 0.0652. The van der Waals surface area contributed by atoms with Gasteiger partial charge in [-0.3, -0.25) is 9.48 Å². The number of nitrogens with one attached hydrogen (secondary N) is 1. The molecule has 0 aliphatic heterocycles. The molecule has 0 bridgehead atoms. The van der Waals surface area contributed by atoms with Crippen LogP contribution in [0.25, 0.3) is 11.1 Å². The van der Waals surface area contributed by atoms with Crippen LogP contribution < -0.4 is 5.32 Å². The van der Waals surface area contributed by atoms with Crippen LogP contribution in [0.15, 0.2) is 54.7 Å². The normalized spacial score (nSPS) is 13.8. The average Bonchev–Trinajstić information content (AvgIpc) is 3.30. The van der Waals surface area contributed by atoms with Crippen molar-refractivity contribution in [2.75, 3.05) is 6.61 Å². The lowest BCUT2D eigenvalue weighted by Gasteiger charge is -2.23. The predicted octanol–water partition coefficient (Wildman–Crippen LogP) is 4.77. The lowest BCUT2D eigenvalue weighted by Crippen LogP contribution is -2.33. The Morgan fingerprint density at radius 2 is 1.67 bits per heavy atom. The Labute approximate surface area is 193 Å². The molecule has 0 spiro atoms. The highest BCUT2D eigenvalue weighted by molar-refractivity contribution is 5.79. The molecule has 1 heterocycles. The Morgan fingerprint density at radius 3 is 2.21 bits per heavy atom. The van der Waals surface area contributed by atoms with Crippen molar-refractivity contribution >= 4 is 12.1 Å². The van der Waals surface area contributed by atoms with E-state index < -0.39 is 18.1 Å². The van der Waals surface area contributed by atoms with E-state index in [1.807, 2.05) is 45.0 Å². The maximum Gasteiger partial charge on any atom is 0.407 e. The number of carboxylic acid groups (broad SMARTS) is 1. The van der Waals surface area contributed by atoms with Gasteiger partial charge in [0.05, 0.1) is 18.2 Å². The highest BCUT2D eigenvalue weighted by Gasteiger charge is 2.31. The van der Waals surface area contributed by atoms with Crippen molar-refractivity contribution in [3.8, 4) is 11.1 Å². The third kappa shape index (κ3) is 4.62. The molecule has 1 aliphatic carbocycles. The van der Waals surface area contributed by atoms with Crippen LogP contribution in [0.3, 0.4) is 0 Å². The largest absolute Gasteiger partial charge is 0.481 e. The predicted molar refractivity (Wildman–Crippen MR) is 125 cm³/mol. The fourth-order valence-corrected chi connectivity index (χ4v) is 4.54. The summed E-state index contributed by atoms with van der Waals surface area (Å²) in [7, 11) is 1.78. The van der Waals surface area contributed by atoms with Gasteiger partial charge in [-0.25, -0.2) is 4.79 Å². The summed E-state index contributed by atoms with van der Waals surface area (Å²) in [6.45, 7) is 6.18. The third-order valence-electron chi connectivity index (χ3n) is 5.96. The van der Waals surface area contributed by atoms with E-state index in [4.69, 9.17) is 4.74 Å². The Bertz CT molecular complexity index is 1150. The number of ether oxygens (including phenoxy) is 1. The summed E-state index contributed by atoms with van der Waals surface area (Å²) in [5.41, 5.74) is 5.66. The number of benzene rings is 2. The molecule has 0 saturated heterocycles. The van der Waals surface area contributed by atoms with Crippen LogP contribution in [0, 0.1) is 0 Å². The van der Waals surface area contributed by atoms with Crippen LogP contribution in [0.5, 0.6) is 0 Å². The van der Waals surface area contributed by atoms with Gasteiger partial charge in [0.1, 0.15) is 6.61 Å². The van der Waals surface area contributed by atoms with Gasteiger partial charge < -0.3 is 15.2 Å². The van der Waals surface area contributed by atoms with Crippen LogP contribution in [-0.4, -0.2) is 33.6 Å². The number of nitrogens with zero attached hydrogens (tertiary/aromatic N) is 2. The van der Waals surface area contributed by atoms with Gasteiger partial charge in [0.25, 0.3) is 0 Å². The van der Waals surface area contributed by atoms with Crippen LogP contribution in [-0.2, 0) is 22.0 Å². The highest BCUT2D eigenvalue weighted by atomic mass is 16.5. The second-order valence-corrected chi connectivity index (χ2v) is 9.48. The van der Waals surface area contributed by atoms with Gasteiger partial charge >= 0.3 is 12.1 Å². The number of amides is 1. The maximum atomic E-state index is 12.8. The smallest absolute Gasteiger partial charge is 0.407 e. The second-order valence-electron chi connectivity index (χ2n) is 9.48. The van der Waals surface area contributed by atoms with Crippen molar-refractivity contribution in [2.24, 2.45) is 7.05 Å². The third-order valence-corrected chi connectivity index (χ3v) is 5.96. The second kappa shape index (κ2) is 8.73. The van der Waals surface area contributed by atoms with Gasteiger partial charge in [-0.15, -0.1) is 0 Å². The number of aryl methyl sites for hydroxylation is 1. The van der Waals surface area contributed by atoms with Crippen LogP contribution >= 0.6 is 0 Å². The summed E-state index contributed by atoms with van der Waals surface area (Å²) < 4.78 is 7.28. The molecule has 0 saturated carbocycles. The number of alkyl carbamates (subject to hydrolysis) is 1. The zero-order valence-electron chi connectivity index (χ0n) is 19.3. The standard InChI is InChI=1S/C26H29N3O4/c1-26(2,3)24-20(14-29(4)28-24)22(13-23(30)31)27-25(32)33-15-21-18-11-7-5-9-16(18)17-10-6-8-12-19(17)21/h5-12,14,21-22H,13,15H2,1-4H3,(H,27,32)(H,30,31)/t22-/m1/s1. The molecular weight excluding hydrogens is 418 g/mol. The monoisotopic (exact) mass is 447 g/mol. The first kappa shape index (κ1) is 22.6. The van der Waals surface area contributed by atoms with E-state index >= 15 is 0 Å². The molecule has 33 heavy (non-hydrogen) atoms. The van der Waals surface area contributed by atoms with E-state index in [1.54, 1.807) is 17.9 Å². The number of carbonyl (C=O) groups excluding carboxylic acids is 1. The molecule has 7 heteroatoms. The van der Waals surface area contributed by atoms with Crippen molar-refractivity contribution < 1.29 is 19.4 Å². The average molecular weight is 448 g/mol. The number of carbonyl (C=O) groups is 2. The summed E-state index contributed by atoms with van der Waals surface area (Å²) in [4.78, 5) is 24.4. The molecule has 0 radical (unpaired) electrons. The first-order valence-electron chi connectivity index (χ1n) is 11.0. The highest BCUT2D eigenvalue weighted by Crippen LogP contribution is 2.44. The van der Waals surface area contributed by atoms with Crippen LogP contribution in [0.1, 0.15) is 61.5 Å². The van der Waals surface area contributed by atoms with E-state index in [1.165, 1.54) is 0 Å². The molecule has 2 N–H and O–H groups in total. The van der Waals surface area contributed by atoms with Crippen molar-refractivity contribution in [3.63, 3.8) is 0 Å². The quantitative estimate of drug-likeness (QED) is 0.568. The number of aliphatic carboxylic acids is 1. The topological polar surface area (TPSA) is 93.5 Å². The Kier molecular flexibility index (Phi) is 5.97. The van der Waals surface area contributed by atoms with Crippen molar-refractivity contribution in [3.05, 3.63) is 77.1 Å². The number of rotatable bonds is 6. The Balaban J connectivity index is 1.52. The molecule has 7 nitrogen and oxygen atoms in total. The zero-order chi connectivity index (χ0) is 23.8. The molecule has 172 valence electrons. The Morgan fingerprint density at radius 1 is 1.09 bits per heavy atom. The number of carboxylic acids is 1. The summed E-state index contributed by atoms with van der Waals surface area (Å²) >= 11 is 0. The molecule has 0 unspecified atom stereocenters. The fraction of sp³-hybridized carbons (Fsp3) is 0.346. The maximum absolute atomic E-state index is 12.8. The molecule has 1 amide bonds. The summed E-state index contributed by atoms with van der Waals surface area (Å²) in [5, 5.41) is 16.7. The van der Waals surface area contributed by atoms with Gasteiger partial charge in [0, 0.05) is 30.1 Å². The summed E-state index contributed by atoms with van der Waals surface area (Å²) in [6, 6.07) is 15.5. The van der Waals surface area contributed by atoms with E-state index in [0.717, 1.165) is 27.9 Å². The van der Waals surface area contributed by atoms with Crippen LogP contribution in [0.4, 0.5) is 4.79 Å². The molecule has 0 fully saturated rings. The minimum atomic E-state index is -1.01. The van der Waals surface area contributed by atoms with E-state index in [2.05, 4.69) is 34.7 Å². The van der Waals surface area contributed by atoms with E-state index in [-0.39, 0.29) is 24.4 Å². The zero-order valence-corrected chi connectivity index (χ0v) is 19.3. The Hall–Kier alpha value is -3.61. The summed E-state index contributed by atoms with van der Waals surface area (Å²) in [6.07, 6.45) is 0.850. The van der Waals surface area contributed by atoms with E-state index in [0.29, 0.717) is 5.56 Å². The van der Waals surface area contributed by atoms with Gasteiger partial charge in [-0.1, -0.05) is 69.3 Å². The first-order valence-corrected chi connectivity index (χ1v) is 11.0. The lowest BCUT2D eigenvalue weighted by atomic mass is 9.87. The van der Waals surface area contributed by atoms with Gasteiger partial charge in [0.2, 0.25) is 0 Å². The molecule has 1 aromatic heterocycles. The SMILES string of the molecule is Cn1cc([C@@H](CC(=O)O)NC(=O)OCC2c3ccccc3-c3ccccc32)c(C(C)(C)C)n1. The molecule has 1 atom stereocenters.